The molecule has 1 amide bonds. The molecule has 0 saturated heterocycles. The quantitative estimate of drug-likeness (QED) is 0.764. The normalized spacial score (nSPS) is 15.8. The van der Waals surface area contributed by atoms with Crippen molar-refractivity contribution < 1.29 is 22.2 Å². The van der Waals surface area contributed by atoms with Crippen LogP contribution in [0.4, 0.5) is 13.2 Å². The molecule has 3 rings (SSSR count). The number of aromatic nitrogens is 3. The number of pyridine rings is 1. The first kappa shape index (κ1) is 18.6. The lowest BCUT2D eigenvalue weighted by Gasteiger charge is -2.25. The molecule has 26 heavy (non-hydrogen) atoms. The van der Waals surface area contributed by atoms with Crippen LogP contribution in [-0.4, -0.2) is 54.1 Å². The van der Waals surface area contributed by atoms with Crippen molar-refractivity contribution in [2.75, 3.05) is 18.2 Å². The van der Waals surface area contributed by atoms with Gasteiger partial charge in [0.2, 0.25) is 0 Å². The molecule has 0 saturated carbocycles. The van der Waals surface area contributed by atoms with E-state index in [9.17, 15) is 22.2 Å². The van der Waals surface area contributed by atoms with E-state index in [1.165, 1.54) is 4.90 Å². The Morgan fingerprint density at radius 3 is 2.81 bits per heavy atom. The summed E-state index contributed by atoms with van der Waals surface area (Å²) in [6, 6.07) is 3.57. The van der Waals surface area contributed by atoms with E-state index in [1.54, 1.807) is 29.3 Å². The zero-order valence-electron chi connectivity index (χ0n) is 13.8. The predicted molar refractivity (Wildman–Crippen MR) is 89.3 cm³/mol. The Balaban J connectivity index is 1.63. The summed E-state index contributed by atoms with van der Waals surface area (Å²) in [5.41, 5.74) is 1.79. The van der Waals surface area contributed by atoms with Crippen molar-refractivity contribution >= 4 is 16.7 Å². The van der Waals surface area contributed by atoms with Gasteiger partial charge < -0.3 is 4.90 Å². The molecular weight excluding hydrogens is 369 g/mol. The molecule has 1 unspecified atom stereocenters. The number of hydrogen-bond donors (Lipinski definition) is 0. The topological polar surface area (TPSA) is 68.1 Å². The first-order valence-electron chi connectivity index (χ1n) is 8.03. The number of carbonyl (C=O) groups excluding carboxylic acids is 1. The Bertz CT molecular complexity index is 808. The Morgan fingerprint density at radius 2 is 2.12 bits per heavy atom. The zero-order chi connectivity index (χ0) is 18.7. The molecule has 1 atom stereocenters. The molecule has 0 aromatic carbocycles. The van der Waals surface area contributed by atoms with Gasteiger partial charge in [-0.1, -0.05) is 0 Å². The van der Waals surface area contributed by atoms with Crippen molar-refractivity contribution in [1.29, 1.82) is 0 Å². The summed E-state index contributed by atoms with van der Waals surface area (Å²) in [5.74, 6) is -0.440. The van der Waals surface area contributed by atoms with Gasteiger partial charge in [0.05, 0.1) is 29.0 Å². The predicted octanol–water partition coefficient (Wildman–Crippen LogP) is 2.31. The van der Waals surface area contributed by atoms with Gasteiger partial charge in [0.15, 0.2) is 0 Å². The van der Waals surface area contributed by atoms with Gasteiger partial charge in [0.1, 0.15) is 0 Å². The van der Waals surface area contributed by atoms with Crippen LogP contribution in [0.5, 0.6) is 0 Å². The maximum atomic E-state index is 12.6. The van der Waals surface area contributed by atoms with Crippen LogP contribution in [0.1, 0.15) is 28.9 Å². The highest BCUT2D eigenvalue weighted by molar-refractivity contribution is 7.84. The van der Waals surface area contributed by atoms with Gasteiger partial charge in [-0.05, 0) is 18.6 Å². The summed E-state index contributed by atoms with van der Waals surface area (Å²) in [7, 11) is -1.51. The average Bonchev–Trinajstić information content (AvgIpc) is 3.02. The highest BCUT2D eigenvalue weighted by Crippen LogP contribution is 2.22. The van der Waals surface area contributed by atoms with Crippen molar-refractivity contribution in [3.05, 3.63) is 42.0 Å². The minimum Gasteiger partial charge on any atom is -0.326 e. The van der Waals surface area contributed by atoms with Crippen LogP contribution in [0.3, 0.4) is 0 Å². The molecule has 0 aliphatic carbocycles. The smallest absolute Gasteiger partial charge is 0.326 e. The fourth-order valence-corrected chi connectivity index (χ4v) is 3.89. The largest absolute Gasteiger partial charge is 0.389 e. The molecule has 1 aliphatic rings. The fourth-order valence-electron chi connectivity index (χ4n) is 2.70. The van der Waals surface area contributed by atoms with E-state index in [1.807, 2.05) is 6.07 Å². The molecule has 3 heterocycles. The molecule has 10 heteroatoms. The standard InChI is InChI=1S/C16H17F3N4O2S/c17-16(18,19)5-2-8-26(25)11-22-7-4-14-13(15(22)24)10-23(21-14)12-3-1-6-20-9-12/h1,3,6,9-10H,2,4-5,7-8,11H2. The second-order valence-electron chi connectivity index (χ2n) is 5.96. The lowest BCUT2D eigenvalue weighted by Crippen LogP contribution is -2.39. The number of rotatable bonds is 6. The summed E-state index contributed by atoms with van der Waals surface area (Å²) in [6.45, 7) is 0.348. The van der Waals surface area contributed by atoms with Gasteiger partial charge in [0.25, 0.3) is 5.91 Å². The van der Waals surface area contributed by atoms with Crippen molar-refractivity contribution in [1.82, 2.24) is 19.7 Å². The van der Waals surface area contributed by atoms with Crippen molar-refractivity contribution in [3.8, 4) is 5.69 Å². The molecule has 2 aromatic heterocycles. The lowest BCUT2D eigenvalue weighted by atomic mass is 10.1. The van der Waals surface area contributed by atoms with Gasteiger partial charge in [-0.3, -0.25) is 14.0 Å². The Kier molecular flexibility index (Phi) is 5.40. The molecule has 0 bridgehead atoms. The van der Waals surface area contributed by atoms with Crippen LogP contribution in [0.2, 0.25) is 0 Å². The summed E-state index contributed by atoms with van der Waals surface area (Å²) in [4.78, 5) is 18.0. The molecular formula is C16H17F3N4O2S. The van der Waals surface area contributed by atoms with Crippen LogP contribution < -0.4 is 0 Å². The second-order valence-corrected chi connectivity index (χ2v) is 7.50. The summed E-state index contributed by atoms with van der Waals surface area (Å²) >= 11 is 0. The van der Waals surface area contributed by atoms with Crippen molar-refractivity contribution in [2.24, 2.45) is 0 Å². The van der Waals surface area contributed by atoms with Crippen LogP contribution >= 0.6 is 0 Å². The number of nitrogens with zero attached hydrogens (tertiary/aromatic N) is 4. The molecule has 0 spiro atoms. The van der Waals surface area contributed by atoms with E-state index in [2.05, 4.69) is 10.1 Å². The number of alkyl halides is 3. The summed E-state index contributed by atoms with van der Waals surface area (Å²) in [6.07, 6.45) is -0.0518. The van der Waals surface area contributed by atoms with Crippen molar-refractivity contribution in [3.63, 3.8) is 0 Å². The average molecular weight is 386 g/mol. The minimum absolute atomic E-state index is 0.0613. The number of carbonyl (C=O) groups is 1. The van der Waals surface area contributed by atoms with E-state index in [4.69, 9.17) is 0 Å². The Morgan fingerprint density at radius 1 is 1.31 bits per heavy atom. The zero-order valence-corrected chi connectivity index (χ0v) is 14.6. The third-order valence-corrected chi connectivity index (χ3v) is 5.31. The summed E-state index contributed by atoms with van der Waals surface area (Å²) in [5, 5.41) is 4.39. The third kappa shape index (κ3) is 4.48. The fraction of sp³-hybridized carbons (Fsp3) is 0.438. The Hall–Kier alpha value is -2.23. The SMILES string of the molecule is O=C1c2cn(-c3cccnc3)nc2CCN1CS(=O)CCCC(F)(F)F. The molecule has 2 aromatic rings. The lowest BCUT2D eigenvalue weighted by molar-refractivity contribution is -0.134. The number of amides is 1. The van der Waals surface area contributed by atoms with E-state index in [-0.39, 0.29) is 24.0 Å². The maximum absolute atomic E-state index is 12.6. The number of hydrogen-bond acceptors (Lipinski definition) is 4. The highest BCUT2D eigenvalue weighted by atomic mass is 32.2. The molecule has 1 aliphatic heterocycles. The number of fused-ring (bicyclic) bond motifs is 1. The molecule has 0 fully saturated rings. The molecule has 0 N–H and O–H groups in total. The van der Waals surface area contributed by atoms with E-state index >= 15 is 0 Å². The third-order valence-electron chi connectivity index (χ3n) is 3.97. The summed E-state index contributed by atoms with van der Waals surface area (Å²) < 4.78 is 50.0. The van der Waals surface area contributed by atoms with Crippen LogP contribution in [0.25, 0.3) is 5.69 Å². The van der Waals surface area contributed by atoms with Gasteiger partial charge in [0, 0.05) is 48.3 Å². The number of halogens is 3. The van der Waals surface area contributed by atoms with Crippen LogP contribution in [0, 0.1) is 0 Å². The van der Waals surface area contributed by atoms with Crippen molar-refractivity contribution in [2.45, 2.75) is 25.4 Å². The Labute approximate surface area is 150 Å². The van der Waals surface area contributed by atoms with Gasteiger partial charge in [-0.25, -0.2) is 4.68 Å². The van der Waals surface area contributed by atoms with Crippen LogP contribution in [0.15, 0.2) is 30.7 Å². The monoisotopic (exact) mass is 386 g/mol. The van der Waals surface area contributed by atoms with E-state index < -0.39 is 23.4 Å². The van der Waals surface area contributed by atoms with E-state index in [0.717, 1.165) is 5.69 Å². The highest BCUT2D eigenvalue weighted by Gasteiger charge is 2.29. The van der Waals surface area contributed by atoms with Crippen LogP contribution in [-0.2, 0) is 17.2 Å². The van der Waals surface area contributed by atoms with E-state index in [0.29, 0.717) is 24.2 Å². The first-order valence-corrected chi connectivity index (χ1v) is 9.52. The molecule has 140 valence electrons. The maximum Gasteiger partial charge on any atom is 0.389 e. The first-order chi connectivity index (χ1) is 12.3. The van der Waals surface area contributed by atoms with Gasteiger partial charge >= 0.3 is 6.18 Å². The molecule has 0 radical (unpaired) electrons. The minimum atomic E-state index is -4.25. The molecule has 6 nitrogen and oxygen atoms in total. The second kappa shape index (κ2) is 7.56. The van der Waals surface area contributed by atoms with Gasteiger partial charge in [-0.15, -0.1) is 0 Å². The van der Waals surface area contributed by atoms with Gasteiger partial charge in [-0.2, -0.15) is 18.3 Å².